The van der Waals surface area contributed by atoms with Gasteiger partial charge in [0.1, 0.15) is 0 Å². The second-order valence-corrected chi connectivity index (χ2v) is 8.04. The van der Waals surface area contributed by atoms with Crippen LogP contribution in [0.25, 0.3) is 5.69 Å². The van der Waals surface area contributed by atoms with Gasteiger partial charge < -0.3 is 10.1 Å². The Kier molecular flexibility index (Phi) is 6.80. The van der Waals surface area contributed by atoms with Crippen molar-refractivity contribution in [1.82, 2.24) is 20.0 Å². The molecule has 174 valence electrons. The Bertz CT molecular complexity index is 1100. The van der Waals surface area contributed by atoms with Gasteiger partial charge in [0.2, 0.25) is 0 Å². The lowest BCUT2D eigenvalue weighted by Crippen LogP contribution is -2.35. The monoisotopic (exact) mass is 458 g/mol. The van der Waals surface area contributed by atoms with Crippen molar-refractivity contribution in [3.05, 3.63) is 82.7 Å². The molecule has 0 saturated carbocycles. The fourth-order valence-corrected chi connectivity index (χ4v) is 3.80. The molecule has 6 nitrogen and oxygen atoms in total. The highest BCUT2D eigenvalue weighted by Crippen LogP contribution is 2.33. The molecular weight excluding hydrogens is 433 g/mol. The highest BCUT2D eigenvalue weighted by Gasteiger charge is 2.40. The number of nitrogens with one attached hydrogen (secondary N) is 1. The van der Waals surface area contributed by atoms with E-state index in [0.29, 0.717) is 13.2 Å². The molecule has 1 N–H and O–H groups in total. The molecule has 1 aliphatic rings. The molecular formula is C24H25F3N4O2. The number of benzene rings is 2. The third-order valence-electron chi connectivity index (χ3n) is 5.52. The first kappa shape index (κ1) is 23.0. The van der Waals surface area contributed by atoms with Crippen molar-refractivity contribution < 1.29 is 22.7 Å². The van der Waals surface area contributed by atoms with E-state index in [1.54, 1.807) is 24.3 Å². The van der Waals surface area contributed by atoms with E-state index in [1.807, 2.05) is 31.2 Å². The first-order valence-corrected chi connectivity index (χ1v) is 10.7. The Balaban J connectivity index is 1.49. The van der Waals surface area contributed by atoms with E-state index < -0.39 is 23.3 Å². The summed E-state index contributed by atoms with van der Waals surface area (Å²) in [5, 5.41) is 6.46. The average Bonchev–Trinajstić information content (AvgIpc) is 3.25. The van der Waals surface area contributed by atoms with Crippen molar-refractivity contribution in [1.29, 1.82) is 0 Å². The summed E-state index contributed by atoms with van der Waals surface area (Å²) >= 11 is 0. The van der Waals surface area contributed by atoms with Crippen LogP contribution in [0, 0.1) is 6.92 Å². The third kappa shape index (κ3) is 5.61. The van der Waals surface area contributed by atoms with Gasteiger partial charge in [-0.05, 0) is 30.2 Å². The molecule has 4 rings (SSSR count). The number of aryl methyl sites for hydroxylation is 1. The van der Waals surface area contributed by atoms with E-state index >= 15 is 0 Å². The number of halogens is 3. The largest absolute Gasteiger partial charge is 0.434 e. The Morgan fingerprint density at radius 1 is 1.09 bits per heavy atom. The molecule has 0 bridgehead atoms. The van der Waals surface area contributed by atoms with Gasteiger partial charge in [0.05, 0.1) is 30.7 Å². The van der Waals surface area contributed by atoms with Crippen molar-refractivity contribution in [3.63, 3.8) is 0 Å². The zero-order valence-corrected chi connectivity index (χ0v) is 18.2. The molecule has 0 spiro atoms. The maximum Gasteiger partial charge on any atom is 0.434 e. The van der Waals surface area contributed by atoms with Crippen LogP contribution in [-0.4, -0.2) is 46.9 Å². The molecule has 2 heterocycles. The number of aromatic nitrogens is 2. The van der Waals surface area contributed by atoms with Gasteiger partial charge in [0, 0.05) is 26.2 Å². The quantitative estimate of drug-likeness (QED) is 0.608. The molecule has 1 aliphatic heterocycles. The third-order valence-corrected chi connectivity index (χ3v) is 5.52. The fraction of sp³-hybridized carbons (Fsp3) is 0.333. The number of carbonyl (C=O) groups is 1. The highest BCUT2D eigenvalue weighted by molar-refractivity contribution is 5.95. The summed E-state index contributed by atoms with van der Waals surface area (Å²) in [6, 6.07) is 14.1. The molecule has 0 aliphatic carbocycles. The van der Waals surface area contributed by atoms with E-state index in [0.717, 1.165) is 47.2 Å². The SMILES string of the molecule is Cc1ccc(-n2ncc(C(=O)NCc3cccc(CN4CCOCC4)c3)c2C(F)(F)F)cc1. The summed E-state index contributed by atoms with van der Waals surface area (Å²) in [5.41, 5.74) is 1.44. The lowest BCUT2D eigenvalue weighted by atomic mass is 10.1. The minimum absolute atomic E-state index is 0.114. The minimum atomic E-state index is -4.74. The molecule has 9 heteroatoms. The summed E-state index contributed by atoms with van der Waals surface area (Å²) in [6.07, 6.45) is -3.78. The van der Waals surface area contributed by atoms with Crippen LogP contribution >= 0.6 is 0 Å². The average molecular weight is 458 g/mol. The highest BCUT2D eigenvalue weighted by atomic mass is 19.4. The summed E-state index contributed by atoms with van der Waals surface area (Å²) < 4.78 is 47.7. The standard InChI is InChI=1S/C24H25F3N4O2/c1-17-5-7-20(8-6-17)31-22(24(25,26)27)21(15-29-31)23(32)28-14-18-3-2-4-19(13-18)16-30-9-11-33-12-10-30/h2-8,13,15H,9-12,14,16H2,1H3,(H,28,32). The number of hydrogen-bond acceptors (Lipinski definition) is 4. The topological polar surface area (TPSA) is 59.4 Å². The van der Waals surface area contributed by atoms with Gasteiger partial charge in [-0.2, -0.15) is 18.3 Å². The van der Waals surface area contributed by atoms with E-state index in [-0.39, 0.29) is 12.2 Å². The number of ether oxygens (including phenoxy) is 1. The number of amides is 1. The summed E-state index contributed by atoms with van der Waals surface area (Å²) in [6.45, 7) is 5.82. The van der Waals surface area contributed by atoms with Crippen molar-refractivity contribution >= 4 is 5.91 Å². The van der Waals surface area contributed by atoms with Gasteiger partial charge >= 0.3 is 6.18 Å². The van der Waals surface area contributed by atoms with Crippen LogP contribution in [0.4, 0.5) is 13.2 Å². The first-order valence-electron chi connectivity index (χ1n) is 10.7. The molecule has 1 saturated heterocycles. The van der Waals surface area contributed by atoms with E-state index in [4.69, 9.17) is 4.74 Å². The summed E-state index contributed by atoms with van der Waals surface area (Å²) in [4.78, 5) is 15.0. The van der Waals surface area contributed by atoms with Gasteiger partial charge in [-0.3, -0.25) is 9.69 Å². The van der Waals surface area contributed by atoms with Crippen molar-refractivity contribution in [3.8, 4) is 5.69 Å². The van der Waals surface area contributed by atoms with Crippen LogP contribution in [0.5, 0.6) is 0 Å². The normalized spacial score (nSPS) is 14.9. The zero-order chi connectivity index (χ0) is 23.4. The Morgan fingerprint density at radius 2 is 1.79 bits per heavy atom. The number of nitrogens with zero attached hydrogens (tertiary/aromatic N) is 3. The smallest absolute Gasteiger partial charge is 0.379 e. The van der Waals surface area contributed by atoms with Gasteiger partial charge in [-0.25, -0.2) is 4.68 Å². The van der Waals surface area contributed by atoms with E-state index in [2.05, 4.69) is 15.3 Å². The molecule has 1 amide bonds. The number of rotatable bonds is 6. The van der Waals surface area contributed by atoms with Gasteiger partial charge in [0.25, 0.3) is 5.91 Å². The molecule has 1 aromatic heterocycles. The maximum atomic E-state index is 13.9. The predicted octanol–water partition coefficient (Wildman–Crippen LogP) is 3.96. The van der Waals surface area contributed by atoms with Crippen LogP contribution in [0.15, 0.2) is 54.7 Å². The molecule has 0 atom stereocenters. The van der Waals surface area contributed by atoms with Crippen molar-refractivity contribution in [2.24, 2.45) is 0 Å². The summed E-state index contributed by atoms with van der Waals surface area (Å²) in [5.74, 6) is -0.820. The first-order chi connectivity index (χ1) is 15.8. The second-order valence-electron chi connectivity index (χ2n) is 8.04. The lowest BCUT2D eigenvalue weighted by molar-refractivity contribution is -0.143. The van der Waals surface area contributed by atoms with E-state index in [1.165, 1.54) is 0 Å². The van der Waals surface area contributed by atoms with Gasteiger partial charge in [0.15, 0.2) is 5.69 Å². The Hall–Kier alpha value is -3.17. The molecule has 1 fully saturated rings. The maximum absolute atomic E-state index is 13.9. The van der Waals surface area contributed by atoms with Gasteiger partial charge in [-0.15, -0.1) is 0 Å². The number of hydrogen-bond donors (Lipinski definition) is 1. The van der Waals surface area contributed by atoms with Crippen LogP contribution in [0.3, 0.4) is 0 Å². The fourth-order valence-electron chi connectivity index (χ4n) is 3.80. The Morgan fingerprint density at radius 3 is 2.48 bits per heavy atom. The van der Waals surface area contributed by atoms with Crippen LogP contribution in [0.2, 0.25) is 0 Å². The lowest BCUT2D eigenvalue weighted by Gasteiger charge is -2.26. The van der Waals surface area contributed by atoms with Gasteiger partial charge in [-0.1, -0.05) is 42.0 Å². The predicted molar refractivity (Wildman–Crippen MR) is 117 cm³/mol. The van der Waals surface area contributed by atoms with Crippen LogP contribution < -0.4 is 5.32 Å². The molecule has 0 unspecified atom stereocenters. The number of morpholine rings is 1. The molecule has 2 aromatic carbocycles. The number of alkyl halides is 3. The minimum Gasteiger partial charge on any atom is -0.379 e. The van der Waals surface area contributed by atoms with E-state index in [9.17, 15) is 18.0 Å². The summed E-state index contributed by atoms with van der Waals surface area (Å²) in [7, 11) is 0. The molecule has 0 radical (unpaired) electrons. The van der Waals surface area contributed by atoms with Crippen molar-refractivity contribution in [2.75, 3.05) is 26.3 Å². The second kappa shape index (κ2) is 9.76. The molecule has 3 aromatic rings. The Labute approximate surface area is 190 Å². The zero-order valence-electron chi connectivity index (χ0n) is 18.2. The van der Waals surface area contributed by atoms with Crippen molar-refractivity contribution in [2.45, 2.75) is 26.2 Å². The van der Waals surface area contributed by atoms with Crippen LogP contribution in [0.1, 0.15) is 32.7 Å². The molecule has 33 heavy (non-hydrogen) atoms. The number of carbonyl (C=O) groups excluding carboxylic acids is 1. The van der Waals surface area contributed by atoms with Crippen LogP contribution in [-0.2, 0) is 24.0 Å².